The van der Waals surface area contributed by atoms with E-state index in [0.717, 1.165) is 12.2 Å². The van der Waals surface area contributed by atoms with Crippen molar-refractivity contribution in [3.63, 3.8) is 0 Å². The van der Waals surface area contributed by atoms with Crippen molar-refractivity contribution >= 4 is 21.8 Å². The van der Waals surface area contributed by atoms with Crippen LogP contribution in [0.15, 0.2) is 35.3 Å². The first kappa shape index (κ1) is 12.8. The van der Waals surface area contributed by atoms with E-state index in [1.807, 2.05) is 6.92 Å². The van der Waals surface area contributed by atoms with Gasteiger partial charge in [-0.05, 0) is 34.5 Å². The Morgan fingerprint density at radius 3 is 2.89 bits per heavy atom. The van der Waals surface area contributed by atoms with E-state index in [0.29, 0.717) is 10.2 Å². The Morgan fingerprint density at radius 2 is 2.33 bits per heavy atom. The van der Waals surface area contributed by atoms with Gasteiger partial charge in [-0.1, -0.05) is 6.92 Å². The summed E-state index contributed by atoms with van der Waals surface area (Å²) < 4.78 is 0.706. The first-order valence-corrected chi connectivity index (χ1v) is 6.41. The van der Waals surface area contributed by atoms with Gasteiger partial charge in [0.15, 0.2) is 0 Å². The number of nitrogens with zero attached hydrogens (tertiary/aromatic N) is 2. The van der Waals surface area contributed by atoms with Crippen LogP contribution in [0.3, 0.4) is 0 Å². The molecule has 0 saturated heterocycles. The predicted octanol–water partition coefficient (Wildman–Crippen LogP) is 2.45. The number of hydrogen-bond donors (Lipinski definition) is 2. The number of aromatic nitrogens is 3. The molecule has 1 unspecified atom stereocenters. The van der Waals surface area contributed by atoms with Gasteiger partial charge in [0.25, 0.3) is 5.91 Å². The zero-order valence-corrected chi connectivity index (χ0v) is 11.4. The van der Waals surface area contributed by atoms with E-state index in [9.17, 15) is 4.79 Å². The van der Waals surface area contributed by atoms with Gasteiger partial charge >= 0.3 is 0 Å². The molecule has 0 saturated carbocycles. The van der Waals surface area contributed by atoms with Gasteiger partial charge < -0.3 is 10.3 Å². The van der Waals surface area contributed by atoms with E-state index >= 15 is 0 Å². The van der Waals surface area contributed by atoms with Crippen molar-refractivity contribution in [1.82, 2.24) is 20.3 Å². The van der Waals surface area contributed by atoms with Gasteiger partial charge in [-0.25, -0.2) is 9.97 Å². The molecule has 2 aromatic rings. The van der Waals surface area contributed by atoms with E-state index in [1.54, 1.807) is 24.5 Å². The van der Waals surface area contributed by atoms with Crippen LogP contribution in [-0.2, 0) is 0 Å². The quantitative estimate of drug-likeness (QED) is 0.852. The van der Waals surface area contributed by atoms with Gasteiger partial charge in [0.2, 0.25) is 0 Å². The van der Waals surface area contributed by atoms with Crippen LogP contribution in [0.25, 0.3) is 0 Å². The summed E-state index contributed by atoms with van der Waals surface area (Å²) >= 11 is 3.23. The lowest BCUT2D eigenvalue weighted by Gasteiger charge is -2.14. The smallest absolute Gasteiger partial charge is 0.253 e. The minimum atomic E-state index is -0.154. The van der Waals surface area contributed by atoms with Crippen LogP contribution in [0.1, 0.15) is 35.6 Å². The number of H-pyrrole nitrogens is 1. The molecule has 0 bridgehead atoms. The normalized spacial score (nSPS) is 12.1. The molecule has 5 nitrogen and oxygen atoms in total. The lowest BCUT2D eigenvalue weighted by Crippen LogP contribution is -2.28. The van der Waals surface area contributed by atoms with Crippen molar-refractivity contribution < 1.29 is 4.79 Å². The molecule has 2 rings (SSSR count). The van der Waals surface area contributed by atoms with Crippen LogP contribution in [-0.4, -0.2) is 20.9 Å². The molecular formula is C12H13BrN4O. The molecule has 2 N–H and O–H groups in total. The van der Waals surface area contributed by atoms with Crippen LogP contribution in [0, 0.1) is 0 Å². The second-order valence-electron chi connectivity index (χ2n) is 3.78. The number of aromatic amines is 1. The van der Waals surface area contributed by atoms with E-state index in [2.05, 4.69) is 36.2 Å². The van der Waals surface area contributed by atoms with E-state index in [4.69, 9.17) is 0 Å². The minimum absolute atomic E-state index is 0.115. The Balaban J connectivity index is 2.08. The number of imidazole rings is 1. The molecule has 0 spiro atoms. The molecule has 1 amide bonds. The standard InChI is InChI=1S/C12H13BrN4O/c1-2-9(11-14-5-6-15-11)17-12(18)8-3-4-10(13)16-7-8/h3-7,9H,2H2,1H3,(H,14,15)(H,17,18). The predicted molar refractivity (Wildman–Crippen MR) is 71.0 cm³/mol. The molecule has 0 aliphatic rings. The lowest BCUT2D eigenvalue weighted by atomic mass is 10.2. The van der Waals surface area contributed by atoms with Crippen molar-refractivity contribution in [2.45, 2.75) is 19.4 Å². The summed E-state index contributed by atoms with van der Waals surface area (Å²) in [5.41, 5.74) is 0.531. The van der Waals surface area contributed by atoms with Gasteiger partial charge in [0, 0.05) is 18.6 Å². The van der Waals surface area contributed by atoms with Crippen molar-refractivity contribution in [2.75, 3.05) is 0 Å². The van der Waals surface area contributed by atoms with Gasteiger partial charge in [0.05, 0.1) is 11.6 Å². The summed E-state index contributed by atoms with van der Waals surface area (Å²) in [7, 11) is 0. The second kappa shape index (κ2) is 5.77. The van der Waals surface area contributed by atoms with E-state index in [-0.39, 0.29) is 11.9 Å². The van der Waals surface area contributed by atoms with E-state index < -0.39 is 0 Å². The van der Waals surface area contributed by atoms with E-state index in [1.165, 1.54) is 6.20 Å². The monoisotopic (exact) mass is 308 g/mol. The maximum Gasteiger partial charge on any atom is 0.253 e. The molecule has 0 aliphatic carbocycles. The number of halogens is 1. The highest BCUT2D eigenvalue weighted by Gasteiger charge is 2.15. The second-order valence-corrected chi connectivity index (χ2v) is 4.59. The highest BCUT2D eigenvalue weighted by atomic mass is 79.9. The van der Waals surface area contributed by atoms with Crippen LogP contribution in [0.5, 0.6) is 0 Å². The van der Waals surface area contributed by atoms with Crippen molar-refractivity contribution in [2.24, 2.45) is 0 Å². The Labute approximate surface area is 113 Å². The zero-order valence-electron chi connectivity index (χ0n) is 9.85. The fraction of sp³-hybridized carbons (Fsp3) is 0.250. The molecule has 0 radical (unpaired) electrons. The molecule has 0 aromatic carbocycles. The SMILES string of the molecule is CCC(NC(=O)c1ccc(Br)nc1)c1ncc[nH]1. The topological polar surface area (TPSA) is 70.7 Å². The minimum Gasteiger partial charge on any atom is -0.347 e. The third kappa shape index (κ3) is 2.95. The largest absolute Gasteiger partial charge is 0.347 e. The maximum atomic E-state index is 12.0. The number of nitrogens with one attached hydrogen (secondary N) is 2. The summed E-state index contributed by atoms with van der Waals surface area (Å²) in [6, 6.07) is 3.35. The fourth-order valence-electron chi connectivity index (χ4n) is 1.58. The first-order valence-electron chi connectivity index (χ1n) is 5.62. The average molecular weight is 309 g/mol. The highest BCUT2D eigenvalue weighted by molar-refractivity contribution is 9.10. The Kier molecular flexibility index (Phi) is 4.09. The Morgan fingerprint density at radius 1 is 1.50 bits per heavy atom. The summed E-state index contributed by atoms with van der Waals surface area (Å²) in [5.74, 6) is 0.606. The molecule has 1 atom stereocenters. The van der Waals surface area contributed by atoms with Crippen LogP contribution in [0.2, 0.25) is 0 Å². The summed E-state index contributed by atoms with van der Waals surface area (Å²) in [6.07, 6.45) is 5.72. The number of pyridine rings is 1. The van der Waals surface area contributed by atoms with Crippen LogP contribution < -0.4 is 5.32 Å². The molecule has 2 heterocycles. The third-order valence-electron chi connectivity index (χ3n) is 2.55. The lowest BCUT2D eigenvalue weighted by molar-refractivity contribution is 0.0933. The van der Waals surface area contributed by atoms with Crippen molar-refractivity contribution in [3.8, 4) is 0 Å². The molecular weight excluding hydrogens is 296 g/mol. The number of rotatable bonds is 4. The summed E-state index contributed by atoms with van der Waals surface area (Å²) in [4.78, 5) is 23.2. The summed E-state index contributed by atoms with van der Waals surface area (Å²) in [5, 5.41) is 2.92. The first-order chi connectivity index (χ1) is 8.70. The zero-order chi connectivity index (χ0) is 13.0. The number of carbonyl (C=O) groups excluding carboxylic acids is 1. The number of carbonyl (C=O) groups is 1. The number of amides is 1. The van der Waals surface area contributed by atoms with Gasteiger partial charge in [0.1, 0.15) is 10.4 Å². The molecule has 94 valence electrons. The van der Waals surface area contributed by atoms with Crippen LogP contribution in [0.4, 0.5) is 0 Å². The molecule has 2 aromatic heterocycles. The summed E-state index contributed by atoms with van der Waals surface area (Å²) in [6.45, 7) is 1.99. The van der Waals surface area contributed by atoms with Crippen molar-refractivity contribution in [3.05, 3.63) is 46.7 Å². The van der Waals surface area contributed by atoms with Crippen molar-refractivity contribution in [1.29, 1.82) is 0 Å². The number of hydrogen-bond acceptors (Lipinski definition) is 3. The van der Waals surface area contributed by atoms with Gasteiger partial charge in [-0.15, -0.1) is 0 Å². The Hall–Kier alpha value is -1.69. The third-order valence-corrected chi connectivity index (χ3v) is 3.02. The van der Waals surface area contributed by atoms with Gasteiger partial charge in [-0.3, -0.25) is 4.79 Å². The van der Waals surface area contributed by atoms with Crippen LogP contribution >= 0.6 is 15.9 Å². The Bertz CT molecular complexity index is 509. The molecule has 0 fully saturated rings. The molecule has 6 heteroatoms. The maximum absolute atomic E-state index is 12.0. The highest BCUT2D eigenvalue weighted by Crippen LogP contribution is 2.13. The molecule has 18 heavy (non-hydrogen) atoms. The fourth-order valence-corrected chi connectivity index (χ4v) is 1.82. The average Bonchev–Trinajstić information content (AvgIpc) is 2.90. The van der Waals surface area contributed by atoms with Gasteiger partial charge in [-0.2, -0.15) is 0 Å². The molecule has 0 aliphatic heterocycles.